The lowest BCUT2D eigenvalue weighted by Gasteiger charge is -2.19. The number of hydrogen-bond donors (Lipinski definition) is 2. The summed E-state index contributed by atoms with van der Waals surface area (Å²) in [6.45, 7) is 2.88. The molecule has 0 unspecified atom stereocenters. The van der Waals surface area contributed by atoms with E-state index >= 15 is 0 Å². The maximum Gasteiger partial charge on any atom is 0.335 e. The van der Waals surface area contributed by atoms with Gasteiger partial charge in [0, 0.05) is 42.2 Å². The zero-order valence-corrected chi connectivity index (χ0v) is 20.1. The number of Topliss-reactive ketones (excluding diaryl/α,β-unsaturated/α-hetero) is 1. The second kappa shape index (κ2) is 10.3. The summed E-state index contributed by atoms with van der Waals surface area (Å²) in [5.74, 6) is -1.54. The average Bonchev–Trinajstić information content (AvgIpc) is 2.90. The predicted octanol–water partition coefficient (Wildman–Crippen LogP) is 4.73. The Morgan fingerprint density at radius 3 is 2.36 bits per heavy atom. The van der Waals surface area contributed by atoms with Crippen LogP contribution in [0.1, 0.15) is 33.2 Å². The fourth-order valence-electron chi connectivity index (χ4n) is 3.79. The quantitative estimate of drug-likeness (QED) is 0.470. The number of carboxylic acids is 1. The van der Waals surface area contributed by atoms with Crippen LogP contribution >= 0.6 is 0 Å². The Balaban J connectivity index is 1.73. The van der Waals surface area contributed by atoms with Crippen LogP contribution in [0.15, 0.2) is 83.4 Å². The summed E-state index contributed by atoms with van der Waals surface area (Å²) in [4.78, 5) is 44.2. The highest BCUT2D eigenvalue weighted by molar-refractivity contribution is 6.37. The molecule has 1 amide bonds. The van der Waals surface area contributed by atoms with E-state index in [4.69, 9.17) is 14.8 Å². The molecule has 0 radical (unpaired) electrons. The van der Waals surface area contributed by atoms with Crippen molar-refractivity contribution in [2.24, 2.45) is 4.99 Å². The summed E-state index contributed by atoms with van der Waals surface area (Å²) in [5.41, 5.74) is 3.35. The second-order valence-corrected chi connectivity index (χ2v) is 8.14. The summed E-state index contributed by atoms with van der Waals surface area (Å²) in [7, 11) is 3.55. The number of ketones is 1. The number of rotatable bonds is 7. The van der Waals surface area contributed by atoms with Crippen molar-refractivity contribution in [1.82, 2.24) is 0 Å². The zero-order valence-electron chi connectivity index (χ0n) is 20.1. The Labute approximate surface area is 208 Å². The van der Waals surface area contributed by atoms with Gasteiger partial charge in [0.1, 0.15) is 11.4 Å². The van der Waals surface area contributed by atoms with Crippen LogP contribution in [0.5, 0.6) is 5.75 Å². The molecule has 0 heterocycles. The Morgan fingerprint density at radius 2 is 1.72 bits per heavy atom. The first kappa shape index (κ1) is 24.4. The number of aromatic carboxylic acids is 1. The molecule has 182 valence electrons. The van der Waals surface area contributed by atoms with Crippen molar-refractivity contribution < 1.29 is 24.2 Å². The van der Waals surface area contributed by atoms with Gasteiger partial charge in [-0.3, -0.25) is 9.59 Å². The monoisotopic (exact) mass is 483 g/mol. The topological polar surface area (TPSA) is 108 Å². The first-order valence-electron chi connectivity index (χ1n) is 11.3. The number of nitrogens with one attached hydrogen (secondary N) is 1. The molecule has 2 N–H and O–H groups in total. The Morgan fingerprint density at radius 1 is 1.03 bits per heavy atom. The fourth-order valence-corrected chi connectivity index (χ4v) is 3.79. The molecule has 0 saturated carbocycles. The number of methoxy groups -OCH3 is 1. The Bertz CT molecular complexity index is 1410. The van der Waals surface area contributed by atoms with Crippen LogP contribution in [-0.4, -0.2) is 49.2 Å². The lowest BCUT2D eigenvalue weighted by molar-refractivity contribution is -0.112. The molecule has 0 atom stereocenters. The molecule has 3 aromatic rings. The molecule has 1 aliphatic carbocycles. The van der Waals surface area contributed by atoms with E-state index in [1.54, 1.807) is 31.4 Å². The molecular formula is C28H25N3O5. The molecule has 8 heteroatoms. The number of hydrogen-bond acceptors (Lipinski definition) is 6. The summed E-state index contributed by atoms with van der Waals surface area (Å²) in [6, 6.07) is 18.3. The largest absolute Gasteiger partial charge is 0.494 e. The van der Waals surface area contributed by atoms with Crippen molar-refractivity contribution in [3.05, 3.63) is 95.1 Å². The Hall–Kier alpha value is -4.72. The van der Waals surface area contributed by atoms with Gasteiger partial charge in [-0.2, -0.15) is 0 Å². The second-order valence-electron chi connectivity index (χ2n) is 8.14. The van der Waals surface area contributed by atoms with Gasteiger partial charge in [0.15, 0.2) is 5.78 Å². The van der Waals surface area contributed by atoms with Gasteiger partial charge in [-0.25, -0.2) is 9.79 Å². The molecule has 8 nitrogen and oxygen atoms in total. The minimum Gasteiger partial charge on any atom is -0.494 e. The molecule has 3 aromatic carbocycles. The van der Waals surface area contributed by atoms with Crippen molar-refractivity contribution in [2.75, 3.05) is 30.9 Å². The highest BCUT2D eigenvalue weighted by Gasteiger charge is 2.29. The van der Waals surface area contributed by atoms with Crippen molar-refractivity contribution in [3.63, 3.8) is 0 Å². The van der Waals surface area contributed by atoms with E-state index < -0.39 is 17.7 Å². The van der Waals surface area contributed by atoms with Crippen LogP contribution in [0.25, 0.3) is 0 Å². The number of carbonyl (C=O) groups excluding carboxylic acids is 2. The van der Waals surface area contributed by atoms with Gasteiger partial charge < -0.3 is 20.1 Å². The van der Waals surface area contributed by atoms with Crippen LogP contribution in [-0.2, 0) is 4.79 Å². The number of anilines is 2. The minimum absolute atomic E-state index is 0.0731. The third-order valence-corrected chi connectivity index (χ3v) is 5.93. The number of nitrogens with zero attached hydrogens (tertiary/aromatic N) is 2. The first-order chi connectivity index (χ1) is 17.3. The van der Waals surface area contributed by atoms with E-state index in [1.807, 2.05) is 25.2 Å². The van der Waals surface area contributed by atoms with Crippen LogP contribution in [0.3, 0.4) is 0 Å². The molecule has 0 saturated heterocycles. The average molecular weight is 484 g/mol. The number of allylic oxidation sites excluding steroid dienone is 1. The molecular weight excluding hydrogens is 458 g/mol. The van der Waals surface area contributed by atoms with Crippen LogP contribution in [0.4, 0.5) is 17.1 Å². The SMILES string of the molecule is CCN(C)c1ccc(N=C2C=C(C(=O)Nc3ccc(C(=O)O)cc3)C(=O)c3ccccc32)c(OC)c1. The van der Waals surface area contributed by atoms with E-state index in [0.29, 0.717) is 34.0 Å². The normalized spacial score (nSPS) is 13.6. The number of amides is 1. The minimum atomic E-state index is -1.07. The number of fused-ring (bicyclic) bond motifs is 1. The van der Waals surface area contributed by atoms with E-state index in [1.165, 1.54) is 30.3 Å². The summed E-state index contributed by atoms with van der Waals surface area (Å²) in [6.07, 6.45) is 1.47. The summed E-state index contributed by atoms with van der Waals surface area (Å²) >= 11 is 0. The highest BCUT2D eigenvalue weighted by Crippen LogP contribution is 2.34. The van der Waals surface area contributed by atoms with E-state index in [-0.39, 0.29) is 11.1 Å². The van der Waals surface area contributed by atoms with Gasteiger partial charge in [0.2, 0.25) is 0 Å². The van der Waals surface area contributed by atoms with E-state index in [0.717, 1.165) is 12.2 Å². The number of carboxylic acid groups (broad SMARTS) is 1. The number of carbonyl (C=O) groups is 3. The fraction of sp³-hybridized carbons (Fsp3) is 0.143. The molecule has 36 heavy (non-hydrogen) atoms. The maximum absolute atomic E-state index is 13.2. The number of ether oxygens (including phenoxy) is 1. The lowest BCUT2D eigenvalue weighted by Crippen LogP contribution is -2.26. The van der Waals surface area contributed by atoms with E-state index in [2.05, 4.69) is 17.1 Å². The number of benzene rings is 3. The molecule has 1 aliphatic rings. The maximum atomic E-state index is 13.2. The number of aliphatic imine (C=N–C) groups is 1. The lowest BCUT2D eigenvalue weighted by atomic mass is 9.88. The van der Waals surface area contributed by atoms with Crippen molar-refractivity contribution in [3.8, 4) is 5.75 Å². The van der Waals surface area contributed by atoms with Crippen LogP contribution in [0.2, 0.25) is 0 Å². The zero-order chi connectivity index (χ0) is 25.8. The third kappa shape index (κ3) is 4.88. The van der Waals surface area contributed by atoms with Crippen molar-refractivity contribution in [2.45, 2.75) is 6.92 Å². The van der Waals surface area contributed by atoms with Gasteiger partial charge in [0.25, 0.3) is 5.91 Å². The van der Waals surface area contributed by atoms with Crippen LogP contribution < -0.4 is 15.0 Å². The van der Waals surface area contributed by atoms with Gasteiger partial charge in [-0.1, -0.05) is 24.3 Å². The van der Waals surface area contributed by atoms with Crippen molar-refractivity contribution in [1.29, 1.82) is 0 Å². The summed E-state index contributed by atoms with van der Waals surface area (Å²) < 4.78 is 5.57. The molecule has 4 rings (SSSR count). The predicted molar refractivity (Wildman–Crippen MR) is 139 cm³/mol. The van der Waals surface area contributed by atoms with Gasteiger partial charge in [-0.15, -0.1) is 0 Å². The highest BCUT2D eigenvalue weighted by atomic mass is 16.5. The van der Waals surface area contributed by atoms with Gasteiger partial charge >= 0.3 is 5.97 Å². The van der Waals surface area contributed by atoms with Gasteiger partial charge in [-0.05, 0) is 49.4 Å². The van der Waals surface area contributed by atoms with Crippen LogP contribution in [0, 0.1) is 0 Å². The third-order valence-electron chi connectivity index (χ3n) is 5.93. The molecule has 0 fully saturated rings. The molecule has 0 aliphatic heterocycles. The van der Waals surface area contributed by atoms with Gasteiger partial charge in [0.05, 0.1) is 24.0 Å². The van der Waals surface area contributed by atoms with E-state index in [9.17, 15) is 14.4 Å². The molecule has 0 aromatic heterocycles. The van der Waals surface area contributed by atoms with Crippen molar-refractivity contribution >= 4 is 40.4 Å². The smallest absolute Gasteiger partial charge is 0.335 e. The first-order valence-corrected chi connectivity index (χ1v) is 11.3. The summed E-state index contributed by atoms with van der Waals surface area (Å²) in [5, 5.41) is 11.7. The molecule has 0 spiro atoms. The standard InChI is InChI=1S/C28H25N3O5/c1-4-31(2)19-13-14-23(25(15-19)36-3)30-24-16-22(26(32)21-8-6-5-7-20(21)24)27(33)29-18-11-9-17(10-12-18)28(34)35/h5-16H,4H2,1-3H3,(H,29,33)(H,34,35). The molecule has 0 bridgehead atoms. The Kier molecular flexibility index (Phi) is 6.96.